The Bertz CT molecular complexity index is 1720. The molecule has 0 radical (unpaired) electrons. The Balaban J connectivity index is 0.000000802. The Kier molecular flexibility index (Phi) is 17.9. The van der Waals surface area contributed by atoms with Gasteiger partial charge >= 0.3 is 37.7 Å². The Hall–Kier alpha value is -2.84. The van der Waals surface area contributed by atoms with Crippen molar-refractivity contribution in [3.05, 3.63) is 107 Å². The van der Waals surface area contributed by atoms with Gasteiger partial charge in [-0.15, -0.1) is 0 Å². The van der Waals surface area contributed by atoms with E-state index in [1.54, 1.807) is 36.4 Å². The minimum atomic E-state index is -4.87. The zero-order valence-corrected chi connectivity index (χ0v) is 29.0. The van der Waals surface area contributed by atoms with E-state index in [4.69, 9.17) is 14.0 Å². The predicted molar refractivity (Wildman–Crippen MR) is 165 cm³/mol. The first kappa shape index (κ1) is 43.2. The van der Waals surface area contributed by atoms with Crippen LogP contribution >= 0.6 is 22.6 Å². The monoisotopic (exact) mass is 770 g/mol. The average molecular weight is 770 g/mol. The molecule has 2 N–H and O–H groups in total. The van der Waals surface area contributed by atoms with Crippen molar-refractivity contribution in [3.8, 4) is 23.0 Å². The quantitative estimate of drug-likeness (QED) is 0.0647. The second kappa shape index (κ2) is 19.1. The molecule has 0 atom stereocenters. The number of rotatable bonds is 8. The molecule has 0 fully saturated rings. The van der Waals surface area contributed by atoms with E-state index < -0.39 is 58.7 Å². The second-order valence-corrected chi connectivity index (χ2v) is 11.1. The van der Waals surface area contributed by atoms with Crippen LogP contribution in [-0.2, 0) is 20.2 Å². The van der Waals surface area contributed by atoms with E-state index in [0.29, 0.717) is 0 Å². The first-order valence-corrected chi connectivity index (χ1v) is 17.0. The standard InChI is InChI=1S/2C14H12O6S.CH3I.2Li/c2*1-20-12-8-11(15)10(7-13(12)21(17,18)19)14(16)9-5-3-2-4-6-9;1-2;;/h2*2-8,15H,1H3,(H,17,18,19);1H3;;/q;;;2*+1/p-2. The van der Waals surface area contributed by atoms with E-state index in [-0.39, 0.29) is 65.9 Å². The fourth-order valence-electron chi connectivity index (χ4n) is 3.66. The van der Waals surface area contributed by atoms with E-state index >= 15 is 0 Å². The molecule has 234 valence electrons. The molecule has 0 bridgehead atoms. The third kappa shape index (κ3) is 11.2. The van der Waals surface area contributed by atoms with Gasteiger partial charge in [0.1, 0.15) is 32.3 Å². The molecule has 0 aliphatic carbocycles. The Morgan fingerprint density at radius 2 is 1.09 bits per heavy atom. The van der Waals surface area contributed by atoms with Gasteiger partial charge in [-0.25, -0.2) is 8.42 Å². The summed E-state index contributed by atoms with van der Waals surface area (Å²) in [5.41, 5.74) is -0.140. The summed E-state index contributed by atoms with van der Waals surface area (Å²) in [6, 6.07) is 19.4. The number of phenolic OH excluding ortho intramolecular Hbond substituents is 1. The molecule has 4 aromatic rings. The Morgan fingerprint density at radius 3 is 1.48 bits per heavy atom. The Labute approximate surface area is 304 Å². The van der Waals surface area contributed by atoms with Gasteiger partial charge in [0, 0.05) is 22.8 Å². The maximum atomic E-state index is 12.3. The number of carbonyl (C=O) groups excluding carboxylic acids is 2. The number of halogens is 1. The van der Waals surface area contributed by atoms with Crippen molar-refractivity contribution < 1.29 is 92.9 Å². The van der Waals surface area contributed by atoms with Gasteiger partial charge < -0.3 is 24.2 Å². The van der Waals surface area contributed by atoms with Crippen LogP contribution in [0.15, 0.2) is 94.7 Å². The summed E-state index contributed by atoms with van der Waals surface area (Å²) in [6.07, 6.45) is 0. The van der Waals surface area contributed by atoms with E-state index in [9.17, 15) is 41.2 Å². The fraction of sp³-hybridized carbons (Fsp3) is 0.103. The molecule has 0 saturated carbocycles. The zero-order chi connectivity index (χ0) is 33.2. The van der Waals surface area contributed by atoms with Gasteiger partial charge in [-0.05, 0) is 23.1 Å². The number of alkyl halides is 1. The third-order valence-electron chi connectivity index (χ3n) is 5.66. The number of phenols is 1. The molecule has 4 aromatic carbocycles. The number of carbonyl (C=O) groups is 2. The molecule has 0 aliphatic rings. The fourth-order valence-corrected chi connectivity index (χ4v) is 4.97. The van der Waals surface area contributed by atoms with E-state index in [1.165, 1.54) is 31.4 Å². The number of ketones is 2. The maximum Gasteiger partial charge on any atom is 1.00 e. The van der Waals surface area contributed by atoms with Crippen LogP contribution in [-0.4, -0.2) is 61.8 Å². The summed E-state index contributed by atoms with van der Waals surface area (Å²) in [6.45, 7) is 0. The molecular weight excluding hydrogens is 745 g/mol. The van der Waals surface area contributed by atoms with Crippen molar-refractivity contribution in [3.63, 3.8) is 0 Å². The number of methoxy groups -OCH3 is 2. The minimum absolute atomic E-state index is 0. The zero-order valence-electron chi connectivity index (χ0n) is 25.3. The summed E-state index contributed by atoms with van der Waals surface area (Å²) in [7, 11) is -7.15. The maximum absolute atomic E-state index is 12.3. The molecular formula is C29H25ILi2O12S2. The topological polar surface area (TPSA) is 207 Å². The van der Waals surface area contributed by atoms with Crippen LogP contribution in [0.1, 0.15) is 31.8 Å². The molecule has 0 spiro atoms. The van der Waals surface area contributed by atoms with Crippen molar-refractivity contribution >= 4 is 54.4 Å². The third-order valence-corrected chi connectivity index (χ3v) is 7.39. The largest absolute Gasteiger partial charge is 1.00 e. The van der Waals surface area contributed by atoms with Crippen LogP contribution in [0.2, 0.25) is 0 Å². The van der Waals surface area contributed by atoms with Crippen molar-refractivity contribution in [2.45, 2.75) is 9.79 Å². The molecule has 0 heterocycles. The van der Waals surface area contributed by atoms with Crippen molar-refractivity contribution in [1.82, 2.24) is 0 Å². The number of hydrogen-bond donors (Lipinski definition) is 2. The summed E-state index contributed by atoms with van der Waals surface area (Å²) in [5, 5.41) is 21.8. The van der Waals surface area contributed by atoms with E-state index in [1.807, 2.05) is 4.93 Å². The first-order chi connectivity index (χ1) is 20.7. The second-order valence-electron chi connectivity index (χ2n) is 8.34. The van der Waals surface area contributed by atoms with E-state index in [2.05, 4.69) is 22.6 Å². The summed E-state index contributed by atoms with van der Waals surface area (Å²) >= 11 is 2.15. The van der Waals surface area contributed by atoms with Gasteiger partial charge in [-0.1, -0.05) is 89.0 Å². The first-order valence-electron chi connectivity index (χ1n) is 12.0. The van der Waals surface area contributed by atoms with Gasteiger partial charge in [-0.3, -0.25) is 14.1 Å². The normalized spacial score (nSPS) is 10.3. The molecule has 12 nitrogen and oxygen atoms in total. The minimum Gasteiger partial charge on any atom is -0.872 e. The van der Waals surface area contributed by atoms with Crippen LogP contribution in [0.25, 0.3) is 0 Å². The number of aromatic hydroxyl groups is 1. The van der Waals surface area contributed by atoms with Gasteiger partial charge in [0.15, 0.2) is 11.6 Å². The van der Waals surface area contributed by atoms with Gasteiger partial charge in [0.05, 0.1) is 24.7 Å². The smallest absolute Gasteiger partial charge is 0.872 e. The SMILES string of the molecule is CI.COc1cc(O)c(C(=O)c2ccccc2)cc1S(=O)(=O)O.COc1cc([O-])c(C(=O)c2ccccc2)cc1S(=O)(=O)[O-].[Li+].[Li+]. The summed E-state index contributed by atoms with van der Waals surface area (Å²) < 4.78 is 74.8. The van der Waals surface area contributed by atoms with Crippen molar-refractivity contribution in [1.29, 1.82) is 0 Å². The van der Waals surface area contributed by atoms with Crippen LogP contribution < -0.4 is 52.3 Å². The summed E-state index contributed by atoms with van der Waals surface area (Å²) in [5.74, 6) is -3.01. The summed E-state index contributed by atoms with van der Waals surface area (Å²) in [4.78, 5) is 25.1. The molecule has 0 unspecified atom stereocenters. The number of benzene rings is 4. The van der Waals surface area contributed by atoms with Crippen LogP contribution in [0.4, 0.5) is 0 Å². The Morgan fingerprint density at radius 1 is 0.696 bits per heavy atom. The van der Waals surface area contributed by atoms with Crippen LogP contribution in [0, 0.1) is 0 Å². The molecule has 17 heteroatoms. The predicted octanol–water partition coefficient (Wildman–Crippen LogP) is -2.16. The van der Waals surface area contributed by atoms with E-state index in [0.717, 1.165) is 31.4 Å². The number of hydrogen-bond acceptors (Lipinski definition) is 11. The molecule has 0 aliphatic heterocycles. The van der Waals surface area contributed by atoms with Crippen LogP contribution in [0.5, 0.6) is 23.0 Å². The van der Waals surface area contributed by atoms with Crippen LogP contribution in [0.3, 0.4) is 0 Å². The van der Waals surface area contributed by atoms with Crippen molar-refractivity contribution in [2.75, 3.05) is 19.2 Å². The molecule has 4 rings (SSSR count). The molecule has 0 saturated heterocycles. The average Bonchev–Trinajstić information content (AvgIpc) is 3.01. The molecule has 0 amide bonds. The van der Waals surface area contributed by atoms with Gasteiger partial charge in [-0.2, -0.15) is 8.42 Å². The molecule has 0 aromatic heterocycles. The number of ether oxygens (including phenoxy) is 2. The molecule has 46 heavy (non-hydrogen) atoms. The van der Waals surface area contributed by atoms with Crippen molar-refractivity contribution in [2.24, 2.45) is 0 Å². The van der Waals surface area contributed by atoms with Gasteiger partial charge in [0.2, 0.25) is 0 Å². The van der Waals surface area contributed by atoms with Gasteiger partial charge in [0.25, 0.3) is 10.1 Å².